The molecule has 0 unspecified atom stereocenters. The fraction of sp³-hybridized carbons (Fsp3) is 0.333. The number of hydrogen-bond acceptors (Lipinski definition) is 3. The van der Waals surface area contributed by atoms with Crippen molar-refractivity contribution in [2.45, 2.75) is 13.5 Å². The van der Waals surface area contributed by atoms with Gasteiger partial charge in [-0.2, -0.15) is 0 Å². The summed E-state index contributed by atoms with van der Waals surface area (Å²) in [4.78, 5) is 30.0. The van der Waals surface area contributed by atoms with E-state index in [1.54, 1.807) is 23.1 Å². The van der Waals surface area contributed by atoms with Gasteiger partial charge >= 0.3 is 0 Å². The van der Waals surface area contributed by atoms with Crippen molar-refractivity contribution in [3.8, 4) is 0 Å². The Balaban J connectivity index is 1.57. The van der Waals surface area contributed by atoms with Crippen LogP contribution < -0.4 is 4.90 Å². The molecule has 2 aromatic rings. The van der Waals surface area contributed by atoms with Crippen LogP contribution in [0.4, 0.5) is 10.1 Å². The molecule has 2 amide bonds. The Kier molecular flexibility index (Phi) is 6.06. The number of carbonyl (C=O) groups excluding carboxylic acids is 2. The van der Waals surface area contributed by atoms with Crippen LogP contribution in [0.25, 0.3) is 0 Å². The van der Waals surface area contributed by atoms with Crippen LogP contribution in [0, 0.1) is 5.82 Å². The number of rotatable bonds is 5. The molecule has 0 bridgehead atoms. The Hall–Kier alpha value is -2.89. The van der Waals surface area contributed by atoms with E-state index in [0.29, 0.717) is 18.7 Å². The molecule has 0 aromatic heterocycles. The summed E-state index contributed by atoms with van der Waals surface area (Å²) < 4.78 is 13.9. The quantitative estimate of drug-likeness (QED) is 0.814. The van der Waals surface area contributed by atoms with Crippen molar-refractivity contribution in [3.63, 3.8) is 0 Å². The van der Waals surface area contributed by atoms with E-state index in [1.165, 1.54) is 17.9 Å². The van der Waals surface area contributed by atoms with Crippen molar-refractivity contribution in [1.82, 2.24) is 9.80 Å². The van der Waals surface area contributed by atoms with E-state index in [9.17, 15) is 14.0 Å². The van der Waals surface area contributed by atoms with Crippen LogP contribution in [-0.4, -0.2) is 54.3 Å². The second kappa shape index (κ2) is 8.66. The van der Waals surface area contributed by atoms with Gasteiger partial charge in [0.2, 0.25) is 11.8 Å². The molecular formula is C21H24FN3O2. The van der Waals surface area contributed by atoms with Gasteiger partial charge in [0.15, 0.2) is 0 Å². The van der Waals surface area contributed by atoms with Gasteiger partial charge in [0, 0.05) is 50.9 Å². The van der Waals surface area contributed by atoms with Crippen molar-refractivity contribution in [2.24, 2.45) is 0 Å². The van der Waals surface area contributed by atoms with Crippen LogP contribution in [-0.2, 0) is 16.1 Å². The fourth-order valence-electron chi connectivity index (χ4n) is 3.23. The Morgan fingerprint density at radius 1 is 0.963 bits per heavy atom. The number of para-hydroxylation sites is 1. The average molecular weight is 369 g/mol. The van der Waals surface area contributed by atoms with E-state index >= 15 is 0 Å². The highest BCUT2D eigenvalue weighted by Crippen LogP contribution is 2.16. The summed E-state index contributed by atoms with van der Waals surface area (Å²) in [5.41, 5.74) is 1.56. The van der Waals surface area contributed by atoms with Gasteiger partial charge in [-0.3, -0.25) is 9.59 Å². The second-order valence-corrected chi connectivity index (χ2v) is 6.67. The third-order valence-corrected chi connectivity index (χ3v) is 4.84. The molecular weight excluding hydrogens is 345 g/mol. The standard InChI is InChI=1S/C21H24FN3O2/c1-17(26)25(15-18-7-5-6-10-20(18)22)16-21(27)24-13-11-23(12-14-24)19-8-3-2-4-9-19/h2-10H,11-16H2,1H3. The molecule has 1 aliphatic heterocycles. The first-order chi connectivity index (χ1) is 13.0. The Bertz CT molecular complexity index is 789. The van der Waals surface area contributed by atoms with E-state index in [1.807, 2.05) is 18.2 Å². The van der Waals surface area contributed by atoms with Crippen LogP contribution in [0.3, 0.4) is 0 Å². The van der Waals surface area contributed by atoms with E-state index < -0.39 is 0 Å². The smallest absolute Gasteiger partial charge is 0.242 e. The Labute approximate surface area is 159 Å². The maximum absolute atomic E-state index is 13.9. The van der Waals surface area contributed by atoms with Crippen molar-refractivity contribution >= 4 is 17.5 Å². The molecule has 0 radical (unpaired) electrons. The highest BCUT2D eigenvalue weighted by Gasteiger charge is 2.24. The number of nitrogens with zero attached hydrogens (tertiary/aromatic N) is 3. The molecule has 2 aromatic carbocycles. The maximum Gasteiger partial charge on any atom is 0.242 e. The zero-order valence-electron chi connectivity index (χ0n) is 15.5. The molecule has 0 spiro atoms. The van der Waals surface area contributed by atoms with Gasteiger partial charge in [0.25, 0.3) is 0 Å². The lowest BCUT2D eigenvalue weighted by Gasteiger charge is -2.37. The summed E-state index contributed by atoms with van der Waals surface area (Å²) in [5, 5.41) is 0. The molecule has 1 fully saturated rings. The van der Waals surface area contributed by atoms with E-state index in [4.69, 9.17) is 0 Å². The van der Waals surface area contributed by atoms with Crippen LogP contribution in [0.1, 0.15) is 12.5 Å². The van der Waals surface area contributed by atoms with Crippen LogP contribution >= 0.6 is 0 Å². The first-order valence-electron chi connectivity index (χ1n) is 9.11. The van der Waals surface area contributed by atoms with E-state index in [0.717, 1.165) is 18.8 Å². The van der Waals surface area contributed by atoms with Crippen molar-refractivity contribution < 1.29 is 14.0 Å². The number of amides is 2. The van der Waals surface area contributed by atoms with Gasteiger partial charge in [0.1, 0.15) is 12.4 Å². The maximum atomic E-state index is 13.9. The predicted octanol–water partition coefficient (Wildman–Crippen LogP) is 2.52. The minimum atomic E-state index is -0.368. The zero-order chi connectivity index (χ0) is 19.2. The third-order valence-electron chi connectivity index (χ3n) is 4.84. The Morgan fingerprint density at radius 3 is 2.22 bits per heavy atom. The number of halogens is 1. The van der Waals surface area contributed by atoms with Gasteiger partial charge in [-0.25, -0.2) is 4.39 Å². The molecule has 3 rings (SSSR count). The number of piperazine rings is 1. The van der Waals surface area contributed by atoms with Crippen LogP contribution in [0.2, 0.25) is 0 Å². The SMILES string of the molecule is CC(=O)N(CC(=O)N1CCN(c2ccccc2)CC1)Cc1ccccc1F. The fourth-order valence-corrected chi connectivity index (χ4v) is 3.23. The second-order valence-electron chi connectivity index (χ2n) is 6.67. The number of benzene rings is 2. The molecule has 0 aliphatic carbocycles. The van der Waals surface area contributed by atoms with Crippen molar-refractivity contribution in [1.29, 1.82) is 0 Å². The minimum Gasteiger partial charge on any atom is -0.368 e. The molecule has 6 heteroatoms. The molecule has 1 heterocycles. The predicted molar refractivity (Wildman–Crippen MR) is 103 cm³/mol. The monoisotopic (exact) mass is 369 g/mol. The van der Waals surface area contributed by atoms with Gasteiger partial charge in [-0.1, -0.05) is 36.4 Å². The van der Waals surface area contributed by atoms with Crippen molar-refractivity contribution in [3.05, 3.63) is 66.0 Å². The van der Waals surface area contributed by atoms with Gasteiger partial charge in [-0.15, -0.1) is 0 Å². The third kappa shape index (κ3) is 4.84. The molecule has 5 nitrogen and oxygen atoms in total. The molecule has 0 N–H and O–H groups in total. The highest BCUT2D eigenvalue weighted by molar-refractivity contribution is 5.84. The molecule has 27 heavy (non-hydrogen) atoms. The molecule has 1 saturated heterocycles. The van der Waals surface area contributed by atoms with Gasteiger partial charge in [-0.05, 0) is 18.2 Å². The molecule has 1 aliphatic rings. The lowest BCUT2D eigenvalue weighted by Crippen LogP contribution is -2.51. The summed E-state index contributed by atoms with van der Waals surface area (Å²) >= 11 is 0. The van der Waals surface area contributed by atoms with Gasteiger partial charge in [0.05, 0.1) is 0 Å². The van der Waals surface area contributed by atoms with Gasteiger partial charge < -0.3 is 14.7 Å². The highest BCUT2D eigenvalue weighted by atomic mass is 19.1. The number of hydrogen-bond donors (Lipinski definition) is 0. The summed E-state index contributed by atoms with van der Waals surface area (Å²) in [7, 11) is 0. The summed E-state index contributed by atoms with van der Waals surface area (Å²) in [6.45, 7) is 4.19. The molecule has 142 valence electrons. The zero-order valence-corrected chi connectivity index (χ0v) is 15.5. The normalized spacial score (nSPS) is 14.1. The largest absolute Gasteiger partial charge is 0.368 e. The molecule has 0 atom stereocenters. The van der Waals surface area contributed by atoms with Crippen LogP contribution in [0.5, 0.6) is 0 Å². The minimum absolute atomic E-state index is 0.0327. The first kappa shape index (κ1) is 18.9. The summed E-state index contributed by atoms with van der Waals surface area (Å²) in [5.74, 6) is -0.712. The Morgan fingerprint density at radius 2 is 1.59 bits per heavy atom. The number of anilines is 1. The average Bonchev–Trinajstić information content (AvgIpc) is 2.69. The van der Waals surface area contributed by atoms with E-state index in [-0.39, 0.29) is 30.7 Å². The van der Waals surface area contributed by atoms with E-state index in [2.05, 4.69) is 17.0 Å². The van der Waals surface area contributed by atoms with Crippen molar-refractivity contribution in [2.75, 3.05) is 37.6 Å². The lowest BCUT2D eigenvalue weighted by molar-refractivity contribution is -0.140. The topological polar surface area (TPSA) is 43.9 Å². The lowest BCUT2D eigenvalue weighted by atomic mass is 10.2. The number of carbonyl (C=O) groups is 2. The summed E-state index contributed by atoms with van der Waals surface area (Å²) in [6.07, 6.45) is 0. The summed E-state index contributed by atoms with van der Waals surface area (Å²) in [6, 6.07) is 16.4. The van der Waals surface area contributed by atoms with Crippen LogP contribution in [0.15, 0.2) is 54.6 Å². The first-order valence-corrected chi connectivity index (χ1v) is 9.11. The molecule has 0 saturated carbocycles.